The molecule has 6 heteroatoms. The molecule has 6 nitrogen and oxygen atoms in total. The van der Waals surface area contributed by atoms with Gasteiger partial charge in [0.25, 0.3) is 0 Å². The van der Waals surface area contributed by atoms with Crippen molar-refractivity contribution < 1.29 is 24.4 Å². The maximum atomic E-state index is 9.02. The Kier molecular flexibility index (Phi) is 3.55. The van der Waals surface area contributed by atoms with E-state index in [1.807, 2.05) is 0 Å². The SMILES string of the molecule is OC[C@@H]1CNCC2(COC[C@@H](CO)O2)O1. The van der Waals surface area contributed by atoms with Gasteiger partial charge in [0, 0.05) is 6.54 Å². The molecule has 88 valence electrons. The van der Waals surface area contributed by atoms with Gasteiger partial charge in [0.05, 0.1) is 32.5 Å². The van der Waals surface area contributed by atoms with Crippen molar-refractivity contribution in [2.24, 2.45) is 0 Å². The third-order valence-electron chi connectivity index (χ3n) is 2.56. The molecule has 3 N–H and O–H groups in total. The van der Waals surface area contributed by atoms with Gasteiger partial charge in [0.1, 0.15) is 12.7 Å². The van der Waals surface area contributed by atoms with Crippen molar-refractivity contribution in [1.82, 2.24) is 5.32 Å². The van der Waals surface area contributed by atoms with Crippen LogP contribution in [-0.4, -0.2) is 67.7 Å². The highest BCUT2D eigenvalue weighted by atomic mass is 16.7. The molecule has 2 aliphatic rings. The lowest BCUT2D eigenvalue weighted by Gasteiger charge is -2.45. The van der Waals surface area contributed by atoms with Gasteiger partial charge in [-0.2, -0.15) is 0 Å². The molecule has 2 heterocycles. The second-order valence-electron chi connectivity index (χ2n) is 3.90. The first kappa shape index (κ1) is 11.3. The van der Waals surface area contributed by atoms with Crippen LogP contribution in [0.2, 0.25) is 0 Å². The van der Waals surface area contributed by atoms with Crippen LogP contribution in [0.4, 0.5) is 0 Å². The van der Waals surface area contributed by atoms with E-state index in [1.165, 1.54) is 0 Å². The number of hydrogen-bond donors (Lipinski definition) is 3. The van der Waals surface area contributed by atoms with Gasteiger partial charge in [-0.05, 0) is 0 Å². The zero-order valence-corrected chi connectivity index (χ0v) is 8.52. The average Bonchev–Trinajstić information content (AvgIpc) is 2.29. The van der Waals surface area contributed by atoms with E-state index < -0.39 is 5.79 Å². The largest absolute Gasteiger partial charge is 0.394 e. The Hall–Kier alpha value is -0.240. The molecule has 2 rings (SSSR count). The van der Waals surface area contributed by atoms with Crippen LogP contribution in [0, 0.1) is 0 Å². The number of ether oxygens (including phenoxy) is 3. The maximum Gasteiger partial charge on any atom is 0.205 e. The predicted octanol–water partition coefficient (Wildman–Crippen LogP) is -1.93. The smallest absolute Gasteiger partial charge is 0.205 e. The molecular formula is C9H17NO5. The molecule has 0 aromatic rings. The normalized spacial score (nSPS) is 42.0. The fraction of sp³-hybridized carbons (Fsp3) is 1.00. The summed E-state index contributed by atoms with van der Waals surface area (Å²) in [7, 11) is 0. The Bertz CT molecular complexity index is 191. The summed E-state index contributed by atoms with van der Waals surface area (Å²) in [5.74, 6) is -0.850. The van der Waals surface area contributed by atoms with Crippen LogP contribution in [-0.2, 0) is 14.2 Å². The molecule has 15 heavy (non-hydrogen) atoms. The Labute approximate surface area is 88.1 Å². The van der Waals surface area contributed by atoms with Crippen LogP contribution in [0.3, 0.4) is 0 Å². The van der Waals surface area contributed by atoms with Gasteiger partial charge in [0.15, 0.2) is 0 Å². The van der Waals surface area contributed by atoms with Gasteiger partial charge in [-0.25, -0.2) is 0 Å². The van der Waals surface area contributed by atoms with Crippen LogP contribution in [0.5, 0.6) is 0 Å². The van der Waals surface area contributed by atoms with Crippen molar-refractivity contribution in [2.45, 2.75) is 18.0 Å². The molecule has 1 unspecified atom stereocenters. The lowest BCUT2D eigenvalue weighted by Crippen LogP contribution is -2.62. The van der Waals surface area contributed by atoms with Crippen molar-refractivity contribution in [3.8, 4) is 0 Å². The first-order valence-corrected chi connectivity index (χ1v) is 5.14. The average molecular weight is 219 g/mol. The first-order valence-electron chi connectivity index (χ1n) is 5.14. The highest BCUT2D eigenvalue weighted by Crippen LogP contribution is 2.24. The monoisotopic (exact) mass is 219 g/mol. The van der Waals surface area contributed by atoms with Crippen molar-refractivity contribution in [2.75, 3.05) is 39.5 Å². The third-order valence-corrected chi connectivity index (χ3v) is 2.56. The summed E-state index contributed by atoms with van der Waals surface area (Å²) in [6.07, 6.45) is -0.627. The van der Waals surface area contributed by atoms with Crippen molar-refractivity contribution in [3.63, 3.8) is 0 Å². The van der Waals surface area contributed by atoms with Gasteiger partial charge in [-0.3, -0.25) is 0 Å². The van der Waals surface area contributed by atoms with E-state index in [4.69, 9.17) is 24.4 Å². The third kappa shape index (κ3) is 2.47. The molecule has 0 aromatic carbocycles. The van der Waals surface area contributed by atoms with Gasteiger partial charge < -0.3 is 29.7 Å². The number of hydrogen-bond acceptors (Lipinski definition) is 6. The fourth-order valence-electron chi connectivity index (χ4n) is 1.87. The van der Waals surface area contributed by atoms with Gasteiger partial charge in [-0.1, -0.05) is 0 Å². The first-order chi connectivity index (χ1) is 7.28. The van der Waals surface area contributed by atoms with Crippen LogP contribution in [0.15, 0.2) is 0 Å². The number of rotatable bonds is 2. The molecule has 2 aliphatic heterocycles. The summed E-state index contributed by atoms with van der Waals surface area (Å²) in [6.45, 7) is 1.68. The van der Waals surface area contributed by atoms with Gasteiger partial charge in [0.2, 0.25) is 5.79 Å². The van der Waals surface area contributed by atoms with E-state index >= 15 is 0 Å². The lowest BCUT2D eigenvalue weighted by atomic mass is 10.2. The van der Waals surface area contributed by atoms with E-state index in [1.54, 1.807) is 0 Å². The summed E-state index contributed by atoms with van der Waals surface area (Å²) in [6, 6.07) is 0. The molecule has 1 spiro atoms. The number of morpholine rings is 1. The Balaban J connectivity index is 1.98. The fourth-order valence-corrected chi connectivity index (χ4v) is 1.87. The van der Waals surface area contributed by atoms with Crippen LogP contribution < -0.4 is 5.32 Å². The Morgan fingerprint density at radius 2 is 1.93 bits per heavy atom. The van der Waals surface area contributed by atoms with E-state index in [9.17, 15) is 0 Å². The maximum absolute atomic E-state index is 9.02. The summed E-state index contributed by atoms with van der Waals surface area (Å²) in [5.41, 5.74) is 0. The van der Waals surface area contributed by atoms with Crippen molar-refractivity contribution >= 4 is 0 Å². The van der Waals surface area contributed by atoms with E-state index in [2.05, 4.69) is 5.32 Å². The molecule has 0 saturated carbocycles. The Morgan fingerprint density at radius 1 is 1.20 bits per heavy atom. The zero-order chi connectivity index (χ0) is 10.7. The van der Waals surface area contributed by atoms with E-state index in [0.717, 1.165) is 0 Å². The second kappa shape index (κ2) is 4.73. The summed E-state index contributed by atoms with van der Waals surface area (Å²) < 4.78 is 16.6. The summed E-state index contributed by atoms with van der Waals surface area (Å²) in [4.78, 5) is 0. The molecule has 3 atom stereocenters. The van der Waals surface area contributed by atoms with Crippen molar-refractivity contribution in [1.29, 1.82) is 0 Å². The molecule has 0 aliphatic carbocycles. The minimum absolute atomic E-state index is 0.0537. The minimum Gasteiger partial charge on any atom is -0.394 e. The number of aliphatic hydroxyl groups is 2. The highest BCUT2D eigenvalue weighted by molar-refractivity contribution is 4.85. The Morgan fingerprint density at radius 3 is 2.67 bits per heavy atom. The predicted molar refractivity (Wildman–Crippen MR) is 50.3 cm³/mol. The lowest BCUT2D eigenvalue weighted by molar-refractivity contribution is -0.342. The second-order valence-corrected chi connectivity index (χ2v) is 3.90. The minimum atomic E-state index is -0.850. The number of aliphatic hydroxyl groups excluding tert-OH is 2. The molecule has 0 aromatic heterocycles. The number of nitrogens with one attached hydrogen (secondary N) is 1. The standard InChI is InChI=1S/C9H17NO5/c11-2-7-1-10-5-9(14-7)6-13-4-8(3-12)15-9/h7-8,10-12H,1-6H2/t7-,8+,9?/m0/s1. The summed E-state index contributed by atoms with van der Waals surface area (Å²) in [5, 5.41) is 21.1. The van der Waals surface area contributed by atoms with E-state index in [0.29, 0.717) is 26.3 Å². The molecule has 2 saturated heterocycles. The molecule has 0 bridgehead atoms. The van der Waals surface area contributed by atoms with Crippen LogP contribution in [0.1, 0.15) is 0 Å². The molecule has 0 amide bonds. The van der Waals surface area contributed by atoms with Crippen LogP contribution >= 0.6 is 0 Å². The molecule has 2 fully saturated rings. The van der Waals surface area contributed by atoms with Crippen molar-refractivity contribution in [3.05, 3.63) is 0 Å². The zero-order valence-electron chi connectivity index (χ0n) is 8.52. The quantitative estimate of drug-likeness (QED) is 0.502. The molecule has 0 radical (unpaired) electrons. The highest BCUT2D eigenvalue weighted by Gasteiger charge is 2.43. The topological polar surface area (TPSA) is 80.2 Å². The van der Waals surface area contributed by atoms with Crippen LogP contribution in [0.25, 0.3) is 0 Å². The van der Waals surface area contributed by atoms with Gasteiger partial charge in [-0.15, -0.1) is 0 Å². The molecular weight excluding hydrogens is 202 g/mol. The summed E-state index contributed by atoms with van der Waals surface area (Å²) >= 11 is 0. The van der Waals surface area contributed by atoms with E-state index in [-0.39, 0.29) is 25.4 Å². The van der Waals surface area contributed by atoms with Gasteiger partial charge >= 0.3 is 0 Å².